The van der Waals surface area contributed by atoms with Gasteiger partial charge in [-0.3, -0.25) is 19.2 Å². The van der Waals surface area contributed by atoms with E-state index in [0.717, 1.165) is 5.56 Å². The quantitative estimate of drug-likeness (QED) is 0.199. The number of carbonyl (C=O) groups excluding carboxylic acids is 1. The van der Waals surface area contributed by atoms with Gasteiger partial charge < -0.3 is 10.6 Å². The monoisotopic (exact) mass is 605 g/mol. The second kappa shape index (κ2) is 12.4. The highest BCUT2D eigenvalue weighted by Crippen LogP contribution is 2.31. The summed E-state index contributed by atoms with van der Waals surface area (Å²) in [6.07, 6.45) is 3.29. The molecular weight excluding hydrogens is 577 g/mol. The van der Waals surface area contributed by atoms with Gasteiger partial charge in [0.05, 0.1) is 29.2 Å². The molecule has 3 aromatic rings. The third-order valence-electron chi connectivity index (χ3n) is 6.72. The molecule has 1 unspecified atom stereocenters. The summed E-state index contributed by atoms with van der Waals surface area (Å²) in [5, 5.41) is 6.13. The van der Waals surface area contributed by atoms with E-state index in [1.165, 1.54) is 28.2 Å². The Balaban J connectivity index is 1.70. The summed E-state index contributed by atoms with van der Waals surface area (Å²) in [7, 11) is -3.70. The van der Waals surface area contributed by atoms with Gasteiger partial charge in [0.1, 0.15) is 11.2 Å². The molecule has 1 saturated heterocycles. The van der Waals surface area contributed by atoms with Crippen LogP contribution in [0.3, 0.4) is 0 Å². The number of anilines is 1. The van der Waals surface area contributed by atoms with E-state index in [0.29, 0.717) is 16.3 Å². The zero-order valence-electron chi connectivity index (χ0n) is 21.4. The fourth-order valence-corrected chi connectivity index (χ4v) is 5.84. The molecule has 11 nitrogen and oxygen atoms in total. The van der Waals surface area contributed by atoms with Crippen LogP contribution < -0.4 is 27.3 Å². The molecule has 1 aromatic heterocycles. The standard InChI is InChI=1S/C26H29Cl2N7O4S/c27-18-6-7-22(35(30)15-24(28)29)20(13-18)21-14-25(36)34(16-32-21)23(12-17-4-2-1-3-5-17)26(37)33-10-8-19(9-11-33)40(31,38)39/h1-7,13-16,19,23H,8-12,29-30H2,(H2,31,38,39)/b24-15-. The number of aromatic nitrogens is 2. The van der Waals surface area contributed by atoms with Crippen molar-refractivity contribution in [3.8, 4) is 11.3 Å². The Labute approximate surface area is 241 Å². The summed E-state index contributed by atoms with van der Waals surface area (Å²) in [6.45, 7) is 0.418. The summed E-state index contributed by atoms with van der Waals surface area (Å²) in [6, 6.07) is 14.5. The van der Waals surface area contributed by atoms with Gasteiger partial charge in [0.15, 0.2) is 0 Å². The number of hydrazine groups is 1. The summed E-state index contributed by atoms with van der Waals surface area (Å²) in [5.41, 5.74) is 7.08. The minimum Gasteiger partial charge on any atom is -0.388 e. The van der Waals surface area contributed by atoms with Crippen LogP contribution in [0.5, 0.6) is 0 Å². The minimum atomic E-state index is -3.70. The van der Waals surface area contributed by atoms with Crippen LogP contribution in [0.15, 0.2) is 77.1 Å². The molecule has 1 aliphatic rings. The fraction of sp³-hybridized carbons (Fsp3) is 0.269. The molecule has 2 heterocycles. The first-order chi connectivity index (χ1) is 18.9. The van der Waals surface area contributed by atoms with Gasteiger partial charge in [-0.15, -0.1) is 0 Å². The van der Waals surface area contributed by atoms with Crippen LogP contribution in [-0.2, 0) is 21.2 Å². The van der Waals surface area contributed by atoms with Crippen LogP contribution in [0.25, 0.3) is 11.3 Å². The topological polar surface area (TPSA) is 171 Å². The van der Waals surface area contributed by atoms with Crippen LogP contribution in [0, 0.1) is 0 Å². The first kappa shape index (κ1) is 29.6. The number of halogens is 2. The Bertz CT molecular complexity index is 1570. The number of sulfonamides is 1. The number of likely N-dealkylation sites (tertiary alicyclic amines) is 1. The Morgan fingerprint density at radius 3 is 2.42 bits per heavy atom. The van der Waals surface area contributed by atoms with E-state index in [1.54, 1.807) is 23.1 Å². The maximum Gasteiger partial charge on any atom is 0.254 e. The maximum atomic E-state index is 13.7. The van der Waals surface area contributed by atoms with E-state index in [1.807, 2.05) is 30.3 Å². The number of nitrogens with two attached hydrogens (primary N) is 3. The van der Waals surface area contributed by atoms with Gasteiger partial charge in [0, 0.05) is 36.2 Å². The lowest BCUT2D eigenvalue weighted by Crippen LogP contribution is -2.48. The van der Waals surface area contributed by atoms with Crippen LogP contribution in [-0.4, -0.2) is 47.1 Å². The predicted molar refractivity (Wildman–Crippen MR) is 156 cm³/mol. The van der Waals surface area contributed by atoms with E-state index in [2.05, 4.69) is 4.98 Å². The maximum absolute atomic E-state index is 13.7. The summed E-state index contributed by atoms with van der Waals surface area (Å²) in [4.78, 5) is 33.3. The molecule has 212 valence electrons. The average molecular weight is 607 g/mol. The molecule has 1 atom stereocenters. The predicted octanol–water partition coefficient (Wildman–Crippen LogP) is 2.30. The molecule has 0 radical (unpaired) electrons. The molecule has 40 heavy (non-hydrogen) atoms. The number of amides is 1. The smallest absolute Gasteiger partial charge is 0.254 e. The summed E-state index contributed by atoms with van der Waals surface area (Å²) >= 11 is 12.0. The molecule has 1 aliphatic heterocycles. The number of carbonyl (C=O) groups is 1. The number of nitrogens with zero attached hydrogens (tertiary/aromatic N) is 4. The zero-order chi connectivity index (χ0) is 29.0. The van der Waals surface area contributed by atoms with E-state index in [-0.39, 0.29) is 49.1 Å². The molecule has 0 aliphatic carbocycles. The zero-order valence-corrected chi connectivity index (χ0v) is 23.7. The lowest BCUT2D eigenvalue weighted by Gasteiger charge is -2.33. The second-order valence-corrected chi connectivity index (χ2v) is 12.1. The summed E-state index contributed by atoms with van der Waals surface area (Å²) in [5.74, 6) is 5.78. The molecule has 1 amide bonds. The van der Waals surface area contributed by atoms with Crippen molar-refractivity contribution < 1.29 is 13.2 Å². The van der Waals surface area contributed by atoms with Crippen LogP contribution in [0.2, 0.25) is 5.02 Å². The van der Waals surface area contributed by atoms with Crippen molar-refractivity contribution in [2.45, 2.75) is 30.6 Å². The molecule has 4 rings (SSSR count). The van der Waals surface area contributed by atoms with Crippen molar-refractivity contribution in [1.82, 2.24) is 14.5 Å². The largest absolute Gasteiger partial charge is 0.388 e. The van der Waals surface area contributed by atoms with Crippen LogP contribution in [0.4, 0.5) is 5.69 Å². The summed E-state index contributed by atoms with van der Waals surface area (Å²) < 4.78 is 24.8. The highest BCUT2D eigenvalue weighted by molar-refractivity contribution is 7.89. The average Bonchev–Trinajstić information content (AvgIpc) is 2.91. The van der Waals surface area contributed by atoms with Crippen molar-refractivity contribution in [3.63, 3.8) is 0 Å². The first-order valence-corrected chi connectivity index (χ1v) is 14.7. The van der Waals surface area contributed by atoms with Gasteiger partial charge >= 0.3 is 0 Å². The van der Waals surface area contributed by atoms with Crippen LogP contribution in [0.1, 0.15) is 24.4 Å². The molecule has 1 fully saturated rings. The van der Waals surface area contributed by atoms with Gasteiger partial charge in [-0.2, -0.15) is 0 Å². The Morgan fingerprint density at radius 1 is 1.15 bits per heavy atom. The normalized spacial score (nSPS) is 15.6. The van der Waals surface area contributed by atoms with Crippen molar-refractivity contribution in [2.75, 3.05) is 18.1 Å². The third kappa shape index (κ3) is 7.01. The van der Waals surface area contributed by atoms with E-state index in [9.17, 15) is 18.0 Å². The number of piperidine rings is 1. The van der Waals surface area contributed by atoms with Crippen molar-refractivity contribution in [3.05, 3.63) is 93.2 Å². The van der Waals surface area contributed by atoms with E-state index in [4.69, 9.17) is 39.9 Å². The fourth-order valence-electron chi connectivity index (χ4n) is 4.69. The SMILES string of the molecule is N/C(Cl)=C\N(N)c1ccc(Cl)cc1-c1cc(=O)n(C(Cc2ccccc2)C(=O)N2CCC(S(N)(=O)=O)CC2)cn1. The minimum absolute atomic E-state index is 0.0536. The van der Waals surface area contributed by atoms with Gasteiger partial charge in [0.2, 0.25) is 15.9 Å². The van der Waals surface area contributed by atoms with Gasteiger partial charge in [-0.05, 0) is 36.6 Å². The van der Waals surface area contributed by atoms with Crippen molar-refractivity contribution in [1.29, 1.82) is 0 Å². The van der Waals surface area contributed by atoms with Crippen LogP contribution >= 0.6 is 23.2 Å². The van der Waals surface area contributed by atoms with Gasteiger partial charge in [-0.25, -0.2) is 24.4 Å². The van der Waals surface area contributed by atoms with Gasteiger partial charge in [-0.1, -0.05) is 53.5 Å². The molecule has 0 spiro atoms. The van der Waals surface area contributed by atoms with E-state index >= 15 is 0 Å². The number of primary sulfonamides is 1. The number of benzene rings is 2. The first-order valence-electron chi connectivity index (χ1n) is 12.3. The highest BCUT2D eigenvalue weighted by atomic mass is 35.5. The Hall–Kier alpha value is -3.42. The highest BCUT2D eigenvalue weighted by Gasteiger charge is 2.33. The van der Waals surface area contributed by atoms with Gasteiger partial charge in [0.25, 0.3) is 5.56 Å². The lowest BCUT2D eigenvalue weighted by molar-refractivity contribution is -0.135. The Morgan fingerprint density at radius 2 is 1.82 bits per heavy atom. The van der Waals surface area contributed by atoms with E-state index < -0.39 is 26.9 Å². The number of hydrogen-bond donors (Lipinski definition) is 3. The second-order valence-electron chi connectivity index (χ2n) is 9.42. The molecular formula is C26H29Cl2N7O4S. The molecule has 2 aromatic carbocycles. The third-order valence-corrected chi connectivity index (χ3v) is 8.46. The number of hydrogen-bond acceptors (Lipinski definition) is 8. The van der Waals surface area contributed by atoms with Crippen molar-refractivity contribution in [2.24, 2.45) is 16.7 Å². The number of rotatable bonds is 8. The molecule has 6 N–H and O–H groups in total. The lowest BCUT2D eigenvalue weighted by atomic mass is 10.0. The Kier molecular flexibility index (Phi) is 9.16. The van der Waals surface area contributed by atoms with Crippen molar-refractivity contribution >= 4 is 44.8 Å². The molecule has 0 saturated carbocycles. The molecule has 0 bridgehead atoms. The molecule has 14 heteroatoms.